The van der Waals surface area contributed by atoms with E-state index in [9.17, 15) is 14.0 Å². The van der Waals surface area contributed by atoms with Gasteiger partial charge >= 0.3 is 0 Å². The Balaban J connectivity index is 1.92. The number of hydrogen-bond donors (Lipinski definition) is 1. The Labute approximate surface area is 159 Å². The van der Waals surface area contributed by atoms with E-state index in [2.05, 4.69) is 5.32 Å². The first-order valence-corrected chi connectivity index (χ1v) is 10.1. The highest BCUT2D eigenvalue weighted by Crippen LogP contribution is 2.32. The molecule has 0 heterocycles. The number of alkyl halides is 1. The van der Waals surface area contributed by atoms with Gasteiger partial charge in [0.1, 0.15) is 17.7 Å². The Kier molecular flexibility index (Phi) is 6.52. The number of halogens is 2. The largest absolute Gasteiger partial charge is 0.351 e. The normalized spacial score (nSPS) is 19.5. The van der Waals surface area contributed by atoms with Gasteiger partial charge in [0, 0.05) is 12.1 Å². The molecule has 2 aliphatic rings. The van der Waals surface area contributed by atoms with Gasteiger partial charge in [-0.15, -0.1) is 11.6 Å². The Morgan fingerprint density at radius 2 is 1.65 bits per heavy atom. The summed E-state index contributed by atoms with van der Waals surface area (Å²) >= 11 is 5.87. The maximum absolute atomic E-state index is 13.4. The second-order valence-corrected chi connectivity index (χ2v) is 7.58. The predicted molar refractivity (Wildman–Crippen MR) is 99.4 cm³/mol. The molecule has 1 N–H and O–H groups in total. The molecule has 0 aromatic heterocycles. The van der Waals surface area contributed by atoms with Crippen LogP contribution in [-0.4, -0.2) is 34.7 Å². The lowest BCUT2D eigenvalue weighted by molar-refractivity contribution is -0.142. The lowest BCUT2D eigenvalue weighted by atomic mass is 10.0. The zero-order valence-electron chi connectivity index (χ0n) is 14.9. The van der Waals surface area contributed by atoms with Gasteiger partial charge in [-0.2, -0.15) is 0 Å². The average molecular weight is 381 g/mol. The lowest BCUT2D eigenvalue weighted by Crippen LogP contribution is -2.50. The van der Waals surface area contributed by atoms with Crippen molar-refractivity contribution >= 4 is 23.4 Å². The van der Waals surface area contributed by atoms with Crippen LogP contribution in [0, 0.1) is 5.82 Å². The van der Waals surface area contributed by atoms with Gasteiger partial charge in [0.2, 0.25) is 11.8 Å². The van der Waals surface area contributed by atoms with Crippen LogP contribution in [0.5, 0.6) is 0 Å². The van der Waals surface area contributed by atoms with Crippen molar-refractivity contribution in [1.29, 1.82) is 0 Å². The van der Waals surface area contributed by atoms with E-state index in [1.807, 2.05) is 0 Å². The van der Waals surface area contributed by atoms with Crippen molar-refractivity contribution in [3.8, 4) is 0 Å². The number of rotatable bonds is 6. The predicted octanol–water partition coefficient (Wildman–Crippen LogP) is 3.94. The van der Waals surface area contributed by atoms with Gasteiger partial charge in [-0.3, -0.25) is 9.59 Å². The topological polar surface area (TPSA) is 49.4 Å². The van der Waals surface area contributed by atoms with Crippen LogP contribution in [0.1, 0.15) is 63.0 Å². The van der Waals surface area contributed by atoms with Gasteiger partial charge in [-0.05, 0) is 43.4 Å². The van der Waals surface area contributed by atoms with Crippen molar-refractivity contribution in [2.45, 2.75) is 69.5 Å². The van der Waals surface area contributed by atoms with Crippen LogP contribution in [0.4, 0.5) is 4.39 Å². The van der Waals surface area contributed by atoms with Crippen molar-refractivity contribution in [1.82, 2.24) is 10.2 Å². The van der Waals surface area contributed by atoms with Gasteiger partial charge in [0.25, 0.3) is 0 Å². The van der Waals surface area contributed by atoms with E-state index >= 15 is 0 Å². The summed E-state index contributed by atoms with van der Waals surface area (Å²) in [6, 6.07) is 5.26. The zero-order chi connectivity index (χ0) is 18.5. The molecule has 0 saturated heterocycles. The maximum Gasteiger partial charge on any atom is 0.247 e. The highest BCUT2D eigenvalue weighted by molar-refractivity contribution is 6.27. The van der Waals surface area contributed by atoms with Crippen molar-refractivity contribution in [3.63, 3.8) is 0 Å². The van der Waals surface area contributed by atoms with E-state index in [1.54, 1.807) is 17.0 Å². The highest BCUT2D eigenvalue weighted by Gasteiger charge is 2.37. The smallest absolute Gasteiger partial charge is 0.247 e. The highest BCUT2D eigenvalue weighted by atomic mass is 35.5. The van der Waals surface area contributed by atoms with Crippen LogP contribution in [0.25, 0.3) is 0 Å². The number of amides is 2. The second kappa shape index (κ2) is 8.85. The van der Waals surface area contributed by atoms with E-state index < -0.39 is 6.04 Å². The van der Waals surface area contributed by atoms with Crippen molar-refractivity contribution in [3.05, 3.63) is 35.6 Å². The molecule has 6 heteroatoms. The minimum Gasteiger partial charge on any atom is -0.351 e. The molecule has 1 aromatic carbocycles. The molecule has 2 fully saturated rings. The lowest BCUT2D eigenvalue weighted by Gasteiger charge is -2.36. The second-order valence-electron chi connectivity index (χ2n) is 7.32. The van der Waals surface area contributed by atoms with Gasteiger partial charge < -0.3 is 10.2 Å². The molecule has 4 nitrogen and oxygen atoms in total. The molecule has 0 aliphatic heterocycles. The van der Waals surface area contributed by atoms with Gasteiger partial charge in [0.15, 0.2) is 0 Å². The third-order valence-electron chi connectivity index (χ3n) is 5.53. The molecule has 26 heavy (non-hydrogen) atoms. The van der Waals surface area contributed by atoms with E-state index in [0.717, 1.165) is 51.4 Å². The van der Waals surface area contributed by atoms with Crippen LogP contribution in [-0.2, 0) is 9.59 Å². The number of nitrogens with zero attached hydrogens (tertiary/aromatic N) is 1. The standard InChI is InChI=1S/C20H26ClFN2O2/c21-13-18(25)24(17-7-3-4-8-17)19(14-9-11-15(22)12-10-14)20(26)23-16-5-1-2-6-16/h9-12,16-17,19H,1-8,13H2,(H,23,26)/t19-/m0/s1. The number of benzene rings is 1. The third kappa shape index (κ3) is 4.37. The van der Waals surface area contributed by atoms with Crippen molar-refractivity contribution in [2.75, 3.05) is 5.88 Å². The molecule has 0 radical (unpaired) electrons. The summed E-state index contributed by atoms with van der Waals surface area (Å²) in [5, 5.41) is 3.11. The van der Waals surface area contributed by atoms with Gasteiger partial charge in [-0.1, -0.05) is 37.8 Å². The van der Waals surface area contributed by atoms with Crippen LogP contribution in [0.2, 0.25) is 0 Å². The zero-order valence-corrected chi connectivity index (χ0v) is 15.7. The molecular formula is C20H26ClFN2O2. The van der Waals surface area contributed by atoms with Crippen LogP contribution in [0.3, 0.4) is 0 Å². The molecular weight excluding hydrogens is 355 g/mol. The molecule has 2 amide bonds. The molecule has 142 valence electrons. The molecule has 0 unspecified atom stereocenters. The molecule has 3 rings (SSSR count). The monoisotopic (exact) mass is 380 g/mol. The Hall–Kier alpha value is -1.62. The number of hydrogen-bond acceptors (Lipinski definition) is 2. The summed E-state index contributed by atoms with van der Waals surface area (Å²) < 4.78 is 13.4. The Morgan fingerprint density at radius 3 is 2.23 bits per heavy atom. The van der Waals surface area contributed by atoms with Crippen LogP contribution >= 0.6 is 11.6 Å². The van der Waals surface area contributed by atoms with Crippen LogP contribution in [0.15, 0.2) is 24.3 Å². The number of nitrogens with one attached hydrogen (secondary N) is 1. The Morgan fingerprint density at radius 1 is 1.08 bits per heavy atom. The molecule has 2 aliphatic carbocycles. The molecule has 2 saturated carbocycles. The number of carbonyl (C=O) groups is 2. The first-order chi connectivity index (χ1) is 12.6. The number of carbonyl (C=O) groups excluding carboxylic acids is 2. The van der Waals surface area contributed by atoms with Crippen molar-refractivity contribution < 1.29 is 14.0 Å². The fraction of sp³-hybridized carbons (Fsp3) is 0.600. The van der Waals surface area contributed by atoms with Gasteiger partial charge in [0.05, 0.1) is 0 Å². The minimum absolute atomic E-state index is 0.00521. The fourth-order valence-corrected chi connectivity index (χ4v) is 4.38. The summed E-state index contributed by atoms with van der Waals surface area (Å²) in [4.78, 5) is 27.5. The van der Waals surface area contributed by atoms with Crippen LogP contribution < -0.4 is 5.32 Å². The summed E-state index contributed by atoms with van der Waals surface area (Å²) in [5.74, 6) is -0.951. The molecule has 1 atom stereocenters. The van der Waals surface area contributed by atoms with Gasteiger partial charge in [-0.25, -0.2) is 4.39 Å². The minimum atomic E-state index is -0.759. The molecule has 1 aromatic rings. The van der Waals surface area contributed by atoms with Crippen molar-refractivity contribution in [2.24, 2.45) is 0 Å². The average Bonchev–Trinajstić information content (AvgIpc) is 3.34. The summed E-state index contributed by atoms with van der Waals surface area (Å²) in [7, 11) is 0. The summed E-state index contributed by atoms with van der Waals surface area (Å²) in [6.45, 7) is 0. The van der Waals surface area contributed by atoms with E-state index in [1.165, 1.54) is 12.1 Å². The first kappa shape index (κ1) is 19.2. The van der Waals surface area contributed by atoms with E-state index in [4.69, 9.17) is 11.6 Å². The van der Waals surface area contributed by atoms with E-state index in [-0.39, 0.29) is 35.6 Å². The molecule has 0 bridgehead atoms. The maximum atomic E-state index is 13.4. The van der Waals surface area contributed by atoms with E-state index in [0.29, 0.717) is 5.56 Å². The first-order valence-electron chi connectivity index (χ1n) is 9.53. The Bertz CT molecular complexity index is 625. The quantitative estimate of drug-likeness (QED) is 0.760. The molecule has 0 spiro atoms. The fourth-order valence-electron chi connectivity index (χ4n) is 4.24. The summed E-state index contributed by atoms with van der Waals surface area (Å²) in [5.41, 5.74) is 0.632. The summed E-state index contributed by atoms with van der Waals surface area (Å²) in [6.07, 6.45) is 7.98. The SMILES string of the molecule is O=C(NC1CCCC1)[C@H](c1ccc(F)cc1)N(C(=O)CCl)C1CCCC1. The third-order valence-corrected chi connectivity index (χ3v) is 5.76.